The van der Waals surface area contributed by atoms with Gasteiger partial charge >= 0.3 is 5.97 Å². The van der Waals surface area contributed by atoms with E-state index in [1.54, 1.807) is 19.3 Å². The van der Waals surface area contributed by atoms with Gasteiger partial charge in [-0.3, -0.25) is 14.8 Å². The molecule has 0 aromatic carbocycles. The molecule has 2 N–H and O–H groups in total. The van der Waals surface area contributed by atoms with Crippen molar-refractivity contribution in [2.24, 2.45) is 22.1 Å². The van der Waals surface area contributed by atoms with E-state index in [4.69, 9.17) is 10.5 Å². The topological polar surface area (TPSA) is 94.6 Å². The summed E-state index contributed by atoms with van der Waals surface area (Å²) in [4.78, 5) is 34.2. The number of rotatable bonds is 8. The summed E-state index contributed by atoms with van der Waals surface area (Å²) in [6.07, 6.45) is 8.18. The Labute approximate surface area is 160 Å². The molecular weight excluding hydrogens is 342 g/mol. The summed E-state index contributed by atoms with van der Waals surface area (Å²) < 4.78 is 5.22. The maximum Gasteiger partial charge on any atom is 0.339 e. The van der Waals surface area contributed by atoms with Crippen LogP contribution in [0.15, 0.2) is 29.4 Å². The molecule has 2 heterocycles. The van der Waals surface area contributed by atoms with Gasteiger partial charge in [-0.05, 0) is 43.9 Å². The molecule has 0 radical (unpaired) electrons. The van der Waals surface area contributed by atoms with Crippen LogP contribution in [-0.2, 0) is 22.4 Å². The first-order chi connectivity index (χ1) is 12.7. The van der Waals surface area contributed by atoms with Crippen LogP contribution in [-0.4, -0.2) is 35.2 Å². The monoisotopic (exact) mass is 371 g/mol. The first-order valence-electron chi connectivity index (χ1n) is 9.39. The molecule has 2 atom stereocenters. The molecule has 0 fully saturated rings. The molecule has 146 valence electrons. The summed E-state index contributed by atoms with van der Waals surface area (Å²) in [5.41, 5.74) is 5.92. The number of primary amides is 1. The van der Waals surface area contributed by atoms with E-state index >= 15 is 0 Å². The van der Waals surface area contributed by atoms with Crippen LogP contribution >= 0.6 is 0 Å². The summed E-state index contributed by atoms with van der Waals surface area (Å²) in [7, 11) is 0. The highest BCUT2D eigenvalue weighted by Gasteiger charge is 2.54. The zero-order valence-corrected chi connectivity index (χ0v) is 16.8. The molecule has 0 saturated heterocycles. The summed E-state index contributed by atoms with van der Waals surface area (Å²) >= 11 is 0. The summed E-state index contributed by atoms with van der Waals surface area (Å²) in [6.45, 7) is 9.78. The number of nitrogens with two attached hydrogens (primary N) is 1. The van der Waals surface area contributed by atoms with Gasteiger partial charge in [-0.25, -0.2) is 4.79 Å². The molecule has 6 heteroatoms. The van der Waals surface area contributed by atoms with Gasteiger partial charge in [0.15, 0.2) is 0 Å². The normalized spacial score (nSPS) is 20.7. The highest BCUT2D eigenvalue weighted by molar-refractivity contribution is 5.91. The van der Waals surface area contributed by atoms with Crippen molar-refractivity contribution >= 4 is 18.1 Å². The van der Waals surface area contributed by atoms with Crippen molar-refractivity contribution in [1.29, 1.82) is 0 Å². The van der Waals surface area contributed by atoms with E-state index in [-0.39, 0.29) is 18.9 Å². The van der Waals surface area contributed by atoms with Gasteiger partial charge in [0.1, 0.15) is 0 Å². The van der Waals surface area contributed by atoms with E-state index in [0.717, 1.165) is 12.0 Å². The average molecular weight is 371 g/mol. The molecule has 1 amide bonds. The molecule has 1 aromatic rings. The quantitative estimate of drug-likeness (QED) is 0.711. The molecule has 0 spiro atoms. The molecule has 0 bridgehead atoms. The Morgan fingerprint density at radius 1 is 1.33 bits per heavy atom. The van der Waals surface area contributed by atoms with Crippen molar-refractivity contribution in [2.75, 3.05) is 6.61 Å². The highest BCUT2D eigenvalue weighted by Crippen LogP contribution is 2.45. The number of allylic oxidation sites excluding steroid dienone is 1. The molecule has 2 unspecified atom stereocenters. The van der Waals surface area contributed by atoms with Crippen molar-refractivity contribution in [1.82, 2.24) is 4.98 Å². The van der Waals surface area contributed by atoms with Crippen molar-refractivity contribution < 1.29 is 14.3 Å². The Morgan fingerprint density at radius 2 is 2.04 bits per heavy atom. The minimum absolute atomic E-state index is 0.0594. The SMILES string of the molecule is CCOC(=O)c1cc(CC)cnc1CC1(C(C)(C(N)=O)C(C)C)C=CC=N1. The zero-order chi connectivity index (χ0) is 20.2. The van der Waals surface area contributed by atoms with Crippen LogP contribution in [0.3, 0.4) is 0 Å². The molecule has 6 nitrogen and oxygen atoms in total. The predicted molar refractivity (Wildman–Crippen MR) is 106 cm³/mol. The van der Waals surface area contributed by atoms with Gasteiger partial charge in [-0.15, -0.1) is 0 Å². The number of aliphatic imine (C=N–C) groups is 1. The van der Waals surface area contributed by atoms with E-state index in [1.165, 1.54) is 0 Å². The minimum atomic E-state index is -0.937. The van der Waals surface area contributed by atoms with Crippen LogP contribution in [0.25, 0.3) is 0 Å². The number of nitrogens with zero attached hydrogens (tertiary/aromatic N) is 2. The molecular formula is C21H29N3O3. The zero-order valence-electron chi connectivity index (χ0n) is 16.8. The van der Waals surface area contributed by atoms with E-state index < -0.39 is 22.8 Å². The third-order valence-electron chi connectivity index (χ3n) is 5.70. The molecule has 1 aliphatic heterocycles. The van der Waals surface area contributed by atoms with Gasteiger partial charge in [-0.1, -0.05) is 26.8 Å². The number of carbonyl (C=O) groups excluding carboxylic acids is 2. The van der Waals surface area contributed by atoms with Gasteiger partial charge < -0.3 is 10.5 Å². The first kappa shape index (κ1) is 20.8. The van der Waals surface area contributed by atoms with Gasteiger partial charge in [0.05, 0.1) is 28.8 Å². The number of esters is 1. The van der Waals surface area contributed by atoms with Crippen LogP contribution in [0.2, 0.25) is 0 Å². The fourth-order valence-corrected chi connectivity index (χ4v) is 3.53. The number of aromatic nitrogens is 1. The van der Waals surface area contributed by atoms with Crippen LogP contribution in [0.4, 0.5) is 0 Å². The van der Waals surface area contributed by atoms with Crippen molar-refractivity contribution in [2.45, 2.75) is 53.0 Å². The van der Waals surface area contributed by atoms with E-state index in [1.807, 2.05) is 45.9 Å². The second kappa shape index (κ2) is 8.03. The molecule has 0 saturated carbocycles. The second-order valence-electron chi connectivity index (χ2n) is 7.37. The minimum Gasteiger partial charge on any atom is -0.462 e. The van der Waals surface area contributed by atoms with Crippen LogP contribution < -0.4 is 5.73 Å². The van der Waals surface area contributed by atoms with Crippen LogP contribution in [0, 0.1) is 11.3 Å². The third kappa shape index (κ3) is 3.66. The molecule has 1 aliphatic rings. The molecule has 27 heavy (non-hydrogen) atoms. The Balaban J connectivity index is 2.58. The largest absolute Gasteiger partial charge is 0.462 e. The Bertz CT molecular complexity index is 771. The number of pyridine rings is 1. The lowest BCUT2D eigenvalue weighted by atomic mass is 9.62. The Kier molecular flexibility index (Phi) is 6.19. The number of aryl methyl sites for hydroxylation is 1. The van der Waals surface area contributed by atoms with E-state index in [2.05, 4.69) is 9.98 Å². The number of amides is 1. The van der Waals surface area contributed by atoms with E-state index in [9.17, 15) is 9.59 Å². The number of hydrogen-bond acceptors (Lipinski definition) is 5. The lowest BCUT2D eigenvalue weighted by Crippen LogP contribution is -2.55. The van der Waals surface area contributed by atoms with Crippen molar-refractivity contribution in [3.63, 3.8) is 0 Å². The van der Waals surface area contributed by atoms with Crippen molar-refractivity contribution in [3.8, 4) is 0 Å². The number of ether oxygens (including phenoxy) is 1. The smallest absolute Gasteiger partial charge is 0.339 e. The summed E-state index contributed by atoms with van der Waals surface area (Å²) in [5, 5.41) is 0. The van der Waals surface area contributed by atoms with Gasteiger partial charge in [-0.2, -0.15) is 0 Å². The van der Waals surface area contributed by atoms with E-state index in [0.29, 0.717) is 11.3 Å². The number of carbonyl (C=O) groups is 2. The first-order valence-corrected chi connectivity index (χ1v) is 9.39. The third-order valence-corrected chi connectivity index (χ3v) is 5.70. The van der Waals surface area contributed by atoms with Crippen LogP contribution in [0.5, 0.6) is 0 Å². The summed E-state index contributed by atoms with van der Waals surface area (Å²) in [5.74, 6) is -0.901. The number of hydrogen-bond donors (Lipinski definition) is 1. The van der Waals surface area contributed by atoms with Gasteiger partial charge in [0.25, 0.3) is 0 Å². The summed E-state index contributed by atoms with van der Waals surface area (Å²) in [6, 6.07) is 1.81. The van der Waals surface area contributed by atoms with Gasteiger partial charge in [0, 0.05) is 18.8 Å². The standard InChI is InChI=1S/C21H29N3O3/c1-6-15-11-16(18(25)27-7-2)17(23-13-15)12-21(9-8-10-24-21)20(5,14(3)4)19(22)26/h8-11,13-14H,6-7,12H2,1-5H3,(H2,22,26). The highest BCUT2D eigenvalue weighted by atomic mass is 16.5. The Hall–Kier alpha value is -2.50. The van der Waals surface area contributed by atoms with Gasteiger partial charge in [0.2, 0.25) is 5.91 Å². The predicted octanol–water partition coefficient (Wildman–Crippen LogP) is 2.89. The van der Waals surface area contributed by atoms with Crippen LogP contribution in [0.1, 0.15) is 56.2 Å². The molecule has 2 rings (SSSR count). The second-order valence-corrected chi connectivity index (χ2v) is 7.37. The molecule has 0 aliphatic carbocycles. The average Bonchev–Trinajstić information content (AvgIpc) is 3.11. The maximum absolute atomic E-state index is 12.5. The fourth-order valence-electron chi connectivity index (χ4n) is 3.53. The fraction of sp³-hybridized carbons (Fsp3) is 0.524. The molecule has 1 aromatic heterocycles. The Morgan fingerprint density at radius 3 is 2.52 bits per heavy atom. The maximum atomic E-state index is 12.5. The lowest BCUT2D eigenvalue weighted by Gasteiger charge is -2.44. The van der Waals surface area contributed by atoms with Crippen molar-refractivity contribution in [3.05, 3.63) is 41.2 Å². The lowest BCUT2D eigenvalue weighted by molar-refractivity contribution is -0.132.